The molecule has 21 heavy (non-hydrogen) atoms. The van der Waals surface area contributed by atoms with Crippen LogP contribution >= 0.6 is 12.2 Å². The third-order valence-electron chi connectivity index (χ3n) is 3.39. The van der Waals surface area contributed by atoms with Gasteiger partial charge in [-0.3, -0.25) is 4.57 Å². The summed E-state index contributed by atoms with van der Waals surface area (Å²) in [5.74, 6) is 0.759. The van der Waals surface area contributed by atoms with Gasteiger partial charge in [0.05, 0.1) is 5.69 Å². The first-order valence-electron chi connectivity index (χ1n) is 6.70. The Morgan fingerprint density at radius 2 is 1.71 bits per heavy atom. The summed E-state index contributed by atoms with van der Waals surface area (Å²) in [4.78, 5) is 2.01. The highest BCUT2D eigenvalue weighted by Gasteiger charge is 2.13. The van der Waals surface area contributed by atoms with Gasteiger partial charge < -0.3 is 4.90 Å². The molecule has 5 heteroatoms. The first-order chi connectivity index (χ1) is 10.2. The van der Waals surface area contributed by atoms with Crippen LogP contribution in [0.25, 0.3) is 5.69 Å². The fraction of sp³-hybridized carbons (Fsp3) is 0.125. The predicted octanol–water partition coefficient (Wildman–Crippen LogP) is 4.01. The number of hydrogen-bond donors (Lipinski definition) is 1. The number of para-hydroxylation sites is 1. The highest BCUT2D eigenvalue weighted by atomic mass is 32.1. The molecule has 0 aliphatic rings. The number of aryl methyl sites for hydroxylation is 1. The van der Waals surface area contributed by atoms with Crippen molar-refractivity contribution in [2.24, 2.45) is 0 Å². The summed E-state index contributed by atoms with van der Waals surface area (Å²) in [6, 6.07) is 18.3. The summed E-state index contributed by atoms with van der Waals surface area (Å²) in [5.41, 5.74) is 3.28. The number of anilines is 2. The zero-order chi connectivity index (χ0) is 14.8. The van der Waals surface area contributed by atoms with Crippen molar-refractivity contribution in [3.05, 3.63) is 64.9 Å². The fourth-order valence-electron chi connectivity index (χ4n) is 2.21. The van der Waals surface area contributed by atoms with E-state index in [-0.39, 0.29) is 0 Å². The molecule has 3 aromatic rings. The molecule has 0 bridgehead atoms. The Labute approximate surface area is 128 Å². The molecule has 3 rings (SSSR count). The lowest BCUT2D eigenvalue weighted by Gasteiger charge is -2.19. The van der Waals surface area contributed by atoms with E-state index in [0.29, 0.717) is 4.77 Å². The van der Waals surface area contributed by atoms with Crippen molar-refractivity contribution in [3.63, 3.8) is 0 Å². The molecule has 0 saturated carbocycles. The molecule has 1 heterocycles. The molecule has 0 saturated heterocycles. The van der Waals surface area contributed by atoms with Gasteiger partial charge in [-0.1, -0.05) is 35.9 Å². The highest BCUT2D eigenvalue weighted by Crippen LogP contribution is 2.24. The molecule has 0 unspecified atom stereocenters. The molecule has 0 amide bonds. The zero-order valence-electron chi connectivity index (χ0n) is 11.9. The van der Waals surface area contributed by atoms with Gasteiger partial charge in [0.25, 0.3) is 0 Å². The number of nitrogens with zero attached hydrogens (tertiary/aromatic N) is 3. The molecular weight excluding hydrogens is 280 g/mol. The average molecular weight is 296 g/mol. The van der Waals surface area contributed by atoms with Gasteiger partial charge in [0.15, 0.2) is 0 Å². The van der Waals surface area contributed by atoms with E-state index in [4.69, 9.17) is 12.2 Å². The maximum atomic E-state index is 5.36. The van der Waals surface area contributed by atoms with E-state index in [0.717, 1.165) is 17.3 Å². The maximum Gasteiger partial charge on any atom is 0.234 e. The maximum absolute atomic E-state index is 5.36. The van der Waals surface area contributed by atoms with Crippen LogP contribution in [0.15, 0.2) is 54.6 Å². The number of aromatic amines is 1. The van der Waals surface area contributed by atoms with E-state index in [1.165, 1.54) is 5.56 Å². The average Bonchev–Trinajstić information content (AvgIpc) is 2.90. The fourth-order valence-corrected chi connectivity index (χ4v) is 2.44. The normalized spacial score (nSPS) is 10.6. The molecule has 0 fully saturated rings. The van der Waals surface area contributed by atoms with Crippen LogP contribution in [0, 0.1) is 11.7 Å². The number of hydrogen-bond acceptors (Lipinski definition) is 3. The minimum absolute atomic E-state index is 0.579. The third-order valence-corrected chi connectivity index (χ3v) is 3.66. The smallest absolute Gasteiger partial charge is 0.234 e. The van der Waals surface area contributed by atoms with E-state index in [9.17, 15) is 0 Å². The minimum atomic E-state index is 0.579. The van der Waals surface area contributed by atoms with Crippen molar-refractivity contribution < 1.29 is 0 Å². The Bertz CT molecular complexity index is 787. The van der Waals surface area contributed by atoms with Gasteiger partial charge in [-0.15, -0.1) is 5.10 Å². The Balaban J connectivity index is 2.08. The van der Waals surface area contributed by atoms with Crippen LogP contribution in [0.3, 0.4) is 0 Å². The molecule has 0 aliphatic heterocycles. The zero-order valence-corrected chi connectivity index (χ0v) is 12.8. The van der Waals surface area contributed by atoms with Crippen molar-refractivity contribution in [1.82, 2.24) is 14.8 Å². The van der Waals surface area contributed by atoms with Gasteiger partial charge in [0.1, 0.15) is 0 Å². The lowest BCUT2D eigenvalue weighted by Crippen LogP contribution is -2.15. The van der Waals surface area contributed by atoms with Gasteiger partial charge in [-0.2, -0.15) is 0 Å². The first kappa shape index (κ1) is 13.6. The molecular formula is C16H16N4S. The monoisotopic (exact) mass is 296 g/mol. The van der Waals surface area contributed by atoms with Crippen LogP contribution in [-0.2, 0) is 0 Å². The van der Waals surface area contributed by atoms with E-state index in [2.05, 4.69) is 41.4 Å². The van der Waals surface area contributed by atoms with E-state index in [1.807, 2.05) is 46.8 Å². The Hall–Kier alpha value is -2.40. The highest BCUT2D eigenvalue weighted by molar-refractivity contribution is 7.71. The van der Waals surface area contributed by atoms with Crippen molar-refractivity contribution in [1.29, 1.82) is 0 Å². The lowest BCUT2D eigenvalue weighted by molar-refractivity contribution is 0.977. The molecule has 4 nitrogen and oxygen atoms in total. The summed E-state index contributed by atoms with van der Waals surface area (Å²) in [6.45, 7) is 2.07. The van der Waals surface area contributed by atoms with Crippen LogP contribution in [0.1, 0.15) is 5.56 Å². The largest absolute Gasteiger partial charge is 0.313 e. The standard InChI is InChI=1S/C16H16N4S/c1-12-8-10-13(11-9-12)19(2)15-17-18-16(21)20(15)14-6-4-3-5-7-14/h3-11H,1-2H3,(H,18,21). The quantitative estimate of drug-likeness (QED) is 0.742. The second-order valence-electron chi connectivity index (χ2n) is 4.89. The Kier molecular flexibility index (Phi) is 3.58. The molecule has 0 atom stereocenters. The van der Waals surface area contributed by atoms with Crippen LogP contribution in [-0.4, -0.2) is 21.8 Å². The van der Waals surface area contributed by atoms with Crippen LogP contribution in [0.4, 0.5) is 11.6 Å². The Morgan fingerprint density at radius 3 is 2.38 bits per heavy atom. The topological polar surface area (TPSA) is 36.9 Å². The van der Waals surface area contributed by atoms with Crippen molar-refractivity contribution in [2.45, 2.75) is 6.92 Å². The van der Waals surface area contributed by atoms with Gasteiger partial charge in [-0.05, 0) is 43.4 Å². The number of aromatic nitrogens is 3. The summed E-state index contributed by atoms with van der Waals surface area (Å²) in [7, 11) is 1.98. The summed E-state index contributed by atoms with van der Waals surface area (Å²) in [6.07, 6.45) is 0. The number of rotatable bonds is 3. The van der Waals surface area contributed by atoms with Crippen molar-refractivity contribution in [3.8, 4) is 5.69 Å². The first-order valence-corrected chi connectivity index (χ1v) is 7.11. The van der Waals surface area contributed by atoms with Crippen molar-refractivity contribution >= 4 is 23.9 Å². The molecule has 0 aliphatic carbocycles. The minimum Gasteiger partial charge on any atom is -0.313 e. The van der Waals surface area contributed by atoms with E-state index < -0.39 is 0 Å². The summed E-state index contributed by atoms with van der Waals surface area (Å²) >= 11 is 5.36. The molecule has 106 valence electrons. The summed E-state index contributed by atoms with van der Waals surface area (Å²) in [5, 5.41) is 7.23. The molecule has 0 radical (unpaired) electrons. The third kappa shape index (κ3) is 2.60. The van der Waals surface area contributed by atoms with Crippen molar-refractivity contribution in [2.75, 3.05) is 11.9 Å². The SMILES string of the molecule is Cc1ccc(N(C)c2n[nH]c(=S)n2-c2ccccc2)cc1. The summed E-state index contributed by atoms with van der Waals surface area (Å²) < 4.78 is 2.50. The molecule has 2 aromatic carbocycles. The Morgan fingerprint density at radius 1 is 1.05 bits per heavy atom. The molecule has 0 spiro atoms. The van der Waals surface area contributed by atoms with Crippen LogP contribution < -0.4 is 4.90 Å². The van der Waals surface area contributed by atoms with Crippen LogP contribution in [0.5, 0.6) is 0 Å². The predicted molar refractivity (Wildman–Crippen MR) is 88.0 cm³/mol. The molecule has 1 N–H and O–H groups in total. The van der Waals surface area contributed by atoms with Gasteiger partial charge >= 0.3 is 0 Å². The van der Waals surface area contributed by atoms with Gasteiger partial charge in [0.2, 0.25) is 10.7 Å². The molecule has 1 aromatic heterocycles. The number of benzene rings is 2. The number of nitrogens with one attached hydrogen (secondary N) is 1. The number of H-pyrrole nitrogens is 1. The second-order valence-corrected chi connectivity index (χ2v) is 5.28. The van der Waals surface area contributed by atoms with Gasteiger partial charge in [0, 0.05) is 12.7 Å². The van der Waals surface area contributed by atoms with E-state index in [1.54, 1.807) is 0 Å². The van der Waals surface area contributed by atoms with Crippen LogP contribution in [0.2, 0.25) is 0 Å². The lowest BCUT2D eigenvalue weighted by atomic mass is 10.2. The van der Waals surface area contributed by atoms with Gasteiger partial charge in [-0.25, -0.2) is 5.10 Å². The van der Waals surface area contributed by atoms with E-state index >= 15 is 0 Å². The second kappa shape index (κ2) is 5.54.